The number of nitrogens with one attached hydrogen (secondary N) is 2. The van der Waals surface area contributed by atoms with Crippen molar-refractivity contribution in [1.29, 1.82) is 0 Å². The van der Waals surface area contributed by atoms with Gasteiger partial charge in [0.15, 0.2) is 5.65 Å². The van der Waals surface area contributed by atoms with Gasteiger partial charge in [0.1, 0.15) is 17.6 Å². The molecule has 0 radical (unpaired) electrons. The van der Waals surface area contributed by atoms with Gasteiger partial charge in [-0.25, -0.2) is 18.6 Å². The molecule has 32 heavy (non-hydrogen) atoms. The molecule has 1 atom stereocenters. The lowest BCUT2D eigenvalue weighted by atomic mass is 9.95. The monoisotopic (exact) mass is 437 g/mol. The van der Waals surface area contributed by atoms with Crippen molar-refractivity contribution in [3.05, 3.63) is 65.8 Å². The van der Waals surface area contributed by atoms with E-state index < -0.39 is 6.17 Å². The van der Waals surface area contributed by atoms with Gasteiger partial charge >= 0.3 is 0 Å². The third-order valence-corrected chi connectivity index (χ3v) is 5.47. The van der Waals surface area contributed by atoms with Crippen molar-refractivity contribution in [2.45, 2.75) is 45.3 Å². The van der Waals surface area contributed by atoms with Gasteiger partial charge in [0.05, 0.1) is 18.4 Å². The topological polar surface area (TPSA) is 89.1 Å². The van der Waals surface area contributed by atoms with Crippen molar-refractivity contribution in [3.8, 4) is 0 Å². The molecule has 3 aromatic rings. The highest BCUT2D eigenvalue weighted by Gasteiger charge is 2.21. The number of allylic oxidation sites excluding steroid dienone is 4. The zero-order chi connectivity index (χ0) is 22.5. The summed E-state index contributed by atoms with van der Waals surface area (Å²) in [4.78, 5) is 17.3. The van der Waals surface area contributed by atoms with E-state index in [0.29, 0.717) is 29.5 Å². The van der Waals surface area contributed by atoms with Crippen LogP contribution >= 0.6 is 0 Å². The average Bonchev–Trinajstić information content (AvgIpc) is 3.38. The van der Waals surface area contributed by atoms with Gasteiger partial charge in [-0.3, -0.25) is 4.79 Å². The minimum absolute atomic E-state index is 0.289. The summed E-state index contributed by atoms with van der Waals surface area (Å²) in [7, 11) is 0. The number of carbonyl (C=O) groups is 1. The number of carbonyl (C=O) groups excluding carboxylic acids is 1. The first-order valence-electron chi connectivity index (χ1n) is 10.9. The number of hydrogen-bond donors (Lipinski definition) is 2. The van der Waals surface area contributed by atoms with Crippen LogP contribution in [0.25, 0.3) is 5.65 Å². The maximum atomic E-state index is 13.2. The molecule has 1 unspecified atom stereocenters. The molecule has 1 aliphatic heterocycles. The van der Waals surface area contributed by atoms with Crippen LogP contribution in [0.4, 0.5) is 10.2 Å². The van der Waals surface area contributed by atoms with Gasteiger partial charge in [-0.2, -0.15) is 10.2 Å². The molecule has 9 heteroatoms. The van der Waals surface area contributed by atoms with E-state index in [2.05, 4.69) is 20.7 Å². The molecule has 0 saturated carbocycles. The van der Waals surface area contributed by atoms with Gasteiger partial charge in [-0.05, 0) is 51.9 Å². The third-order valence-electron chi connectivity index (χ3n) is 5.47. The number of hydrogen-bond acceptors (Lipinski definition) is 5. The first-order chi connectivity index (χ1) is 15.5. The second kappa shape index (κ2) is 9.86. The van der Waals surface area contributed by atoms with E-state index in [-0.39, 0.29) is 5.91 Å². The van der Waals surface area contributed by atoms with Crippen LogP contribution in [0.15, 0.2) is 54.5 Å². The molecule has 1 saturated heterocycles. The van der Waals surface area contributed by atoms with Crippen LogP contribution in [0.3, 0.4) is 0 Å². The summed E-state index contributed by atoms with van der Waals surface area (Å²) < 4.78 is 16.5. The number of amides is 1. The van der Waals surface area contributed by atoms with Gasteiger partial charge in [0.25, 0.3) is 5.91 Å². The van der Waals surface area contributed by atoms with Crippen LogP contribution in [0.5, 0.6) is 0 Å². The Hall–Kier alpha value is -3.33. The van der Waals surface area contributed by atoms with Crippen molar-refractivity contribution in [2.24, 2.45) is 0 Å². The quantitative estimate of drug-likeness (QED) is 0.552. The largest absolute Gasteiger partial charge is 0.317 e. The van der Waals surface area contributed by atoms with Crippen LogP contribution in [-0.4, -0.2) is 49.5 Å². The second-order valence-corrected chi connectivity index (χ2v) is 8.05. The minimum atomic E-state index is -0.995. The van der Waals surface area contributed by atoms with Crippen molar-refractivity contribution in [2.75, 3.05) is 18.4 Å². The Morgan fingerprint density at radius 2 is 2.22 bits per heavy atom. The molecule has 168 valence electrons. The zero-order valence-corrected chi connectivity index (χ0v) is 18.3. The Kier molecular flexibility index (Phi) is 6.75. The highest BCUT2D eigenvalue weighted by atomic mass is 19.1. The molecule has 1 amide bonds. The molecule has 0 bridgehead atoms. The molecule has 1 aliphatic rings. The fraction of sp³-hybridized carbons (Fsp3) is 0.391. The summed E-state index contributed by atoms with van der Waals surface area (Å²) in [5.41, 5.74) is 2.70. The molecule has 0 aromatic carbocycles. The Labute approximate surface area is 186 Å². The smallest absolute Gasteiger partial charge is 0.262 e. The Morgan fingerprint density at radius 3 is 3.00 bits per heavy atom. The summed E-state index contributed by atoms with van der Waals surface area (Å²) in [6.45, 7) is 5.73. The predicted molar refractivity (Wildman–Crippen MR) is 121 cm³/mol. The van der Waals surface area contributed by atoms with E-state index in [1.54, 1.807) is 33.7 Å². The van der Waals surface area contributed by atoms with Gasteiger partial charge < -0.3 is 10.6 Å². The molecule has 3 aromatic heterocycles. The van der Waals surface area contributed by atoms with E-state index in [1.807, 2.05) is 25.1 Å². The number of rotatable bonds is 7. The van der Waals surface area contributed by atoms with Crippen molar-refractivity contribution in [1.82, 2.24) is 29.7 Å². The maximum absolute atomic E-state index is 13.2. The van der Waals surface area contributed by atoms with E-state index >= 15 is 0 Å². The van der Waals surface area contributed by atoms with Gasteiger partial charge in [0.2, 0.25) is 0 Å². The molecular formula is C23H28FN7O. The van der Waals surface area contributed by atoms with E-state index in [1.165, 1.54) is 13.1 Å². The molecule has 8 nitrogen and oxygen atoms in total. The molecule has 0 spiro atoms. The number of nitrogens with zero attached hydrogens (tertiary/aromatic N) is 5. The fourth-order valence-corrected chi connectivity index (χ4v) is 3.92. The molecular weight excluding hydrogens is 409 g/mol. The van der Waals surface area contributed by atoms with Gasteiger partial charge in [0, 0.05) is 24.4 Å². The standard InChI is InChI=1S/C23H28FN7O/c1-16(13-17(2)24)5-3-11-30-21(14-20(29-30)18-6-9-25-10-7-18)28-23(32)19-15-27-31-12-4-8-26-22(19)31/h3-5,8,12-15,17-18,25H,6-7,9-11H2,1-2H3,(H,28,32). The summed E-state index contributed by atoms with van der Waals surface area (Å²) in [5, 5.41) is 15.3. The Bertz CT molecular complexity index is 1140. The second-order valence-electron chi connectivity index (χ2n) is 8.05. The van der Waals surface area contributed by atoms with Crippen molar-refractivity contribution >= 4 is 17.4 Å². The van der Waals surface area contributed by atoms with E-state index in [0.717, 1.165) is 37.2 Å². The number of piperidine rings is 1. The number of aromatic nitrogens is 5. The van der Waals surface area contributed by atoms with Crippen LogP contribution in [0.1, 0.15) is 48.7 Å². The number of anilines is 1. The number of halogens is 1. The summed E-state index contributed by atoms with van der Waals surface area (Å²) in [6.07, 6.45) is 11.2. The first-order valence-corrected chi connectivity index (χ1v) is 10.9. The summed E-state index contributed by atoms with van der Waals surface area (Å²) in [6, 6.07) is 3.71. The van der Waals surface area contributed by atoms with Crippen molar-refractivity contribution in [3.63, 3.8) is 0 Å². The van der Waals surface area contributed by atoms with Crippen LogP contribution < -0.4 is 10.6 Å². The first kappa shape index (κ1) is 21.9. The lowest BCUT2D eigenvalue weighted by Crippen LogP contribution is -2.26. The Morgan fingerprint density at radius 1 is 1.41 bits per heavy atom. The molecule has 4 heterocycles. The molecule has 4 rings (SSSR count). The Balaban J connectivity index is 1.58. The molecule has 0 aliphatic carbocycles. The lowest BCUT2D eigenvalue weighted by Gasteiger charge is -2.20. The zero-order valence-electron chi connectivity index (χ0n) is 18.3. The summed E-state index contributed by atoms with van der Waals surface area (Å²) >= 11 is 0. The SMILES string of the molecule is CC(C=CCn1nc(C2CCNCC2)cc1NC(=O)c1cnn2cccnc12)=CC(C)F. The van der Waals surface area contributed by atoms with Gasteiger partial charge in [-0.1, -0.05) is 17.7 Å². The number of alkyl halides is 1. The summed E-state index contributed by atoms with van der Waals surface area (Å²) in [5.74, 6) is 0.678. The molecule has 2 N–H and O–H groups in total. The maximum Gasteiger partial charge on any atom is 0.262 e. The van der Waals surface area contributed by atoms with E-state index in [9.17, 15) is 9.18 Å². The van der Waals surface area contributed by atoms with Crippen LogP contribution in [0.2, 0.25) is 0 Å². The predicted octanol–water partition coefficient (Wildman–Crippen LogP) is 3.51. The minimum Gasteiger partial charge on any atom is -0.317 e. The highest BCUT2D eigenvalue weighted by molar-refractivity contribution is 6.07. The third kappa shape index (κ3) is 5.11. The van der Waals surface area contributed by atoms with E-state index in [4.69, 9.17) is 5.10 Å². The number of fused-ring (bicyclic) bond motifs is 1. The van der Waals surface area contributed by atoms with Crippen molar-refractivity contribution < 1.29 is 9.18 Å². The highest BCUT2D eigenvalue weighted by Crippen LogP contribution is 2.27. The molecule has 1 fully saturated rings. The van der Waals surface area contributed by atoms with Gasteiger partial charge in [-0.15, -0.1) is 0 Å². The lowest BCUT2D eigenvalue weighted by molar-refractivity contribution is 0.102. The van der Waals surface area contributed by atoms with Crippen LogP contribution in [-0.2, 0) is 6.54 Å². The fourth-order valence-electron chi connectivity index (χ4n) is 3.92. The van der Waals surface area contributed by atoms with Crippen LogP contribution in [0, 0.1) is 0 Å². The average molecular weight is 438 g/mol. The normalized spacial score (nSPS) is 16.7.